The van der Waals surface area contributed by atoms with Gasteiger partial charge in [-0.3, -0.25) is 4.79 Å². The summed E-state index contributed by atoms with van der Waals surface area (Å²) < 4.78 is 11.3. The van der Waals surface area contributed by atoms with Gasteiger partial charge in [0.05, 0.1) is 5.39 Å². The number of benzene rings is 1. The number of nitrogens with one attached hydrogen (secondary N) is 1. The van der Waals surface area contributed by atoms with Gasteiger partial charge < -0.3 is 19.4 Å². The monoisotopic (exact) mass is 436 g/mol. The van der Waals surface area contributed by atoms with E-state index in [1.165, 1.54) is 0 Å². The summed E-state index contributed by atoms with van der Waals surface area (Å²) >= 11 is 3.31. The van der Waals surface area contributed by atoms with E-state index in [1.807, 2.05) is 0 Å². The Morgan fingerprint density at radius 3 is 2.74 bits per heavy atom. The minimum Gasteiger partial charge on any atom is -0.444 e. The number of fused-ring (bicyclic) bond motifs is 1. The second kappa shape index (κ2) is 7.34. The maximum Gasteiger partial charge on any atom is 0.410 e. The van der Waals surface area contributed by atoms with Crippen LogP contribution in [0.25, 0.3) is 10.8 Å². The van der Waals surface area contributed by atoms with E-state index in [4.69, 9.17) is 9.15 Å². The Bertz CT molecular complexity index is 947. The molecule has 0 saturated carbocycles. The van der Waals surface area contributed by atoms with Gasteiger partial charge in [-0.2, -0.15) is 0 Å². The molecule has 2 amide bonds. The molecule has 1 aliphatic heterocycles. The highest BCUT2D eigenvalue weighted by Crippen LogP contribution is 2.19. The van der Waals surface area contributed by atoms with Crippen LogP contribution in [0.1, 0.15) is 37.7 Å². The average Bonchev–Trinajstić information content (AvgIpc) is 3.02. The predicted octanol–water partition coefficient (Wildman–Crippen LogP) is 3.29. The van der Waals surface area contributed by atoms with Crippen LogP contribution in [0.4, 0.5) is 4.79 Å². The average molecular weight is 437 g/mol. The number of carbonyl (C=O) groups excluding carboxylic acids is 2. The maximum absolute atomic E-state index is 12.5. The van der Waals surface area contributed by atoms with Gasteiger partial charge in [-0.15, -0.1) is 0 Å². The molecular formula is C19H21BrN2O5. The van der Waals surface area contributed by atoms with E-state index in [2.05, 4.69) is 21.2 Å². The number of likely N-dealkylation sites (tertiary alicyclic amines) is 1. The summed E-state index contributed by atoms with van der Waals surface area (Å²) in [6, 6.07) is 6.50. The number of halogens is 1. The van der Waals surface area contributed by atoms with Crippen molar-refractivity contribution in [2.24, 2.45) is 0 Å². The molecule has 2 heterocycles. The van der Waals surface area contributed by atoms with Crippen molar-refractivity contribution < 1.29 is 18.7 Å². The fraction of sp³-hybridized carbons (Fsp3) is 0.421. The van der Waals surface area contributed by atoms with Gasteiger partial charge in [-0.05, 0) is 50.8 Å². The number of amides is 2. The van der Waals surface area contributed by atoms with Crippen molar-refractivity contribution in [1.29, 1.82) is 0 Å². The molecule has 2 aromatic rings. The topological polar surface area (TPSA) is 88.9 Å². The molecule has 8 heteroatoms. The lowest BCUT2D eigenvalue weighted by Crippen LogP contribution is -2.40. The lowest BCUT2D eigenvalue weighted by atomic mass is 10.1. The first-order valence-corrected chi connectivity index (χ1v) is 9.44. The minimum absolute atomic E-state index is 0.0504. The van der Waals surface area contributed by atoms with Crippen LogP contribution in [0.3, 0.4) is 0 Å². The van der Waals surface area contributed by atoms with E-state index in [0.717, 1.165) is 4.47 Å². The maximum atomic E-state index is 12.5. The molecule has 1 N–H and O–H groups in total. The van der Waals surface area contributed by atoms with Crippen molar-refractivity contribution in [2.75, 3.05) is 13.1 Å². The van der Waals surface area contributed by atoms with E-state index < -0.39 is 23.2 Å². The molecule has 1 aromatic carbocycles. The normalized spacial score (nSPS) is 17.2. The highest BCUT2D eigenvalue weighted by atomic mass is 79.9. The fourth-order valence-electron chi connectivity index (χ4n) is 2.90. The van der Waals surface area contributed by atoms with Crippen LogP contribution in [0.5, 0.6) is 0 Å². The standard InChI is InChI=1S/C19H21BrN2O5/c1-19(2,3)27-18(25)22-7-6-13(10-22)21-16(23)15-8-11-4-5-12(20)9-14(11)17(24)26-15/h4-5,8-9,13H,6-7,10H2,1-3H3,(H,21,23). The Morgan fingerprint density at radius 1 is 1.30 bits per heavy atom. The number of hydrogen-bond donors (Lipinski definition) is 1. The third-order valence-corrected chi connectivity index (χ3v) is 4.62. The number of carbonyl (C=O) groups is 2. The van der Waals surface area contributed by atoms with Crippen molar-refractivity contribution in [2.45, 2.75) is 38.8 Å². The summed E-state index contributed by atoms with van der Waals surface area (Å²) in [5.41, 5.74) is -1.14. The summed E-state index contributed by atoms with van der Waals surface area (Å²) in [7, 11) is 0. The second-order valence-electron chi connectivity index (χ2n) is 7.52. The lowest BCUT2D eigenvalue weighted by molar-refractivity contribution is 0.0290. The van der Waals surface area contributed by atoms with Gasteiger partial charge >= 0.3 is 11.7 Å². The molecule has 1 aliphatic rings. The van der Waals surface area contributed by atoms with E-state index in [0.29, 0.717) is 30.3 Å². The van der Waals surface area contributed by atoms with E-state index in [-0.39, 0.29) is 11.8 Å². The Balaban J connectivity index is 1.68. The van der Waals surface area contributed by atoms with Crippen LogP contribution in [0, 0.1) is 0 Å². The first kappa shape index (κ1) is 19.4. The molecule has 1 aromatic heterocycles. The largest absolute Gasteiger partial charge is 0.444 e. The highest BCUT2D eigenvalue weighted by molar-refractivity contribution is 9.10. The molecule has 3 rings (SSSR count). The van der Waals surface area contributed by atoms with Gasteiger partial charge in [0.2, 0.25) is 0 Å². The molecule has 1 unspecified atom stereocenters. The number of hydrogen-bond acceptors (Lipinski definition) is 5. The van der Waals surface area contributed by atoms with Gasteiger partial charge in [-0.25, -0.2) is 9.59 Å². The van der Waals surface area contributed by atoms with Gasteiger partial charge in [0.15, 0.2) is 5.76 Å². The fourth-order valence-corrected chi connectivity index (χ4v) is 3.26. The van der Waals surface area contributed by atoms with Crippen molar-refractivity contribution in [3.05, 3.63) is 44.9 Å². The van der Waals surface area contributed by atoms with Crippen LogP contribution in [-0.2, 0) is 4.74 Å². The third-order valence-electron chi connectivity index (χ3n) is 4.12. The molecule has 0 aliphatic carbocycles. The highest BCUT2D eigenvalue weighted by Gasteiger charge is 2.31. The molecule has 1 fully saturated rings. The summed E-state index contributed by atoms with van der Waals surface area (Å²) in [5, 5.41) is 3.84. The Kier molecular flexibility index (Phi) is 5.28. The van der Waals surface area contributed by atoms with Gasteiger partial charge in [0.1, 0.15) is 5.60 Å². The van der Waals surface area contributed by atoms with Crippen LogP contribution >= 0.6 is 15.9 Å². The molecule has 0 radical (unpaired) electrons. The van der Waals surface area contributed by atoms with Crippen molar-refractivity contribution in [3.63, 3.8) is 0 Å². The van der Waals surface area contributed by atoms with Crippen molar-refractivity contribution >= 4 is 38.7 Å². The van der Waals surface area contributed by atoms with Crippen LogP contribution in [-0.4, -0.2) is 41.6 Å². The Labute approximate surface area is 164 Å². The number of ether oxygens (including phenoxy) is 1. The van der Waals surface area contributed by atoms with Crippen molar-refractivity contribution in [3.8, 4) is 0 Å². The SMILES string of the molecule is CC(C)(C)OC(=O)N1CCC(NC(=O)c2cc3ccc(Br)cc3c(=O)o2)C1. The van der Waals surface area contributed by atoms with Crippen LogP contribution < -0.4 is 10.9 Å². The second-order valence-corrected chi connectivity index (χ2v) is 8.43. The van der Waals surface area contributed by atoms with Gasteiger partial charge in [0.25, 0.3) is 5.91 Å². The number of nitrogens with zero attached hydrogens (tertiary/aromatic N) is 1. The molecule has 7 nitrogen and oxygen atoms in total. The first-order valence-electron chi connectivity index (χ1n) is 8.64. The Hall–Kier alpha value is -2.35. The zero-order valence-electron chi connectivity index (χ0n) is 15.4. The smallest absolute Gasteiger partial charge is 0.410 e. The molecular weight excluding hydrogens is 416 g/mol. The van der Waals surface area contributed by atoms with Crippen LogP contribution in [0.15, 0.2) is 37.9 Å². The molecule has 0 bridgehead atoms. The summed E-state index contributed by atoms with van der Waals surface area (Å²) in [6.07, 6.45) is 0.206. The zero-order chi connectivity index (χ0) is 19.8. The third kappa shape index (κ3) is 4.68. The summed E-state index contributed by atoms with van der Waals surface area (Å²) in [6.45, 7) is 6.27. The molecule has 27 heavy (non-hydrogen) atoms. The summed E-state index contributed by atoms with van der Waals surface area (Å²) in [5.74, 6) is -0.529. The first-order chi connectivity index (χ1) is 12.6. The van der Waals surface area contributed by atoms with Crippen molar-refractivity contribution in [1.82, 2.24) is 10.2 Å². The molecule has 1 saturated heterocycles. The Morgan fingerprint density at radius 2 is 2.04 bits per heavy atom. The lowest BCUT2D eigenvalue weighted by Gasteiger charge is -2.24. The van der Waals surface area contributed by atoms with Gasteiger partial charge in [-0.1, -0.05) is 22.0 Å². The molecule has 1 atom stereocenters. The van der Waals surface area contributed by atoms with E-state index in [9.17, 15) is 14.4 Å². The van der Waals surface area contributed by atoms with E-state index in [1.54, 1.807) is 49.9 Å². The molecule has 144 valence electrons. The number of rotatable bonds is 2. The van der Waals surface area contributed by atoms with E-state index >= 15 is 0 Å². The predicted molar refractivity (Wildman–Crippen MR) is 104 cm³/mol. The van der Waals surface area contributed by atoms with Crippen LogP contribution in [0.2, 0.25) is 0 Å². The molecule has 0 spiro atoms. The minimum atomic E-state index is -0.569. The van der Waals surface area contributed by atoms with Gasteiger partial charge in [0, 0.05) is 23.6 Å². The zero-order valence-corrected chi connectivity index (χ0v) is 17.0. The quantitative estimate of drug-likeness (QED) is 0.779. The summed E-state index contributed by atoms with van der Waals surface area (Å²) in [4.78, 5) is 38.3.